The predicted octanol–water partition coefficient (Wildman–Crippen LogP) is 5.27. The van der Waals surface area contributed by atoms with Crippen LogP contribution in [0.15, 0.2) is 114 Å². The van der Waals surface area contributed by atoms with Gasteiger partial charge in [0.25, 0.3) is 10.0 Å². The van der Waals surface area contributed by atoms with Gasteiger partial charge >= 0.3 is 0 Å². The zero-order valence-corrected chi connectivity index (χ0v) is 25.1. The van der Waals surface area contributed by atoms with E-state index in [1.54, 1.807) is 36.4 Å². The molecule has 2 amide bonds. The van der Waals surface area contributed by atoms with Gasteiger partial charge in [-0.05, 0) is 61.7 Å². The van der Waals surface area contributed by atoms with E-state index in [9.17, 15) is 18.0 Å². The van der Waals surface area contributed by atoms with E-state index in [0.29, 0.717) is 12.2 Å². The van der Waals surface area contributed by atoms with Gasteiger partial charge in [-0.3, -0.25) is 13.9 Å². The first-order valence-corrected chi connectivity index (χ1v) is 15.4. The Morgan fingerprint density at radius 2 is 1.36 bits per heavy atom. The molecule has 0 saturated heterocycles. The van der Waals surface area contributed by atoms with Gasteiger partial charge in [0.15, 0.2) is 0 Å². The Morgan fingerprint density at radius 1 is 0.762 bits per heavy atom. The van der Waals surface area contributed by atoms with Crippen LogP contribution < -0.4 is 9.62 Å². The smallest absolute Gasteiger partial charge is 0.264 e. The SMILES string of the molecule is CCNC(=O)C(Cc1ccccc1)N(Cc1cccc(C)c1)C(=O)CN(c1cccc(C)c1)S(=O)(=O)c1ccccc1. The lowest BCUT2D eigenvalue weighted by molar-refractivity contribution is -0.140. The van der Waals surface area contributed by atoms with E-state index in [-0.39, 0.29) is 23.8 Å². The topological polar surface area (TPSA) is 86.8 Å². The van der Waals surface area contributed by atoms with Crippen molar-refractivity contribution < 1.29 is 18.0 Å². The molecule has 4 aromatic rings. The van der Waals surface area contributed by atoms with Gasteiger partial charge in [0, 0.05) is 19.5 Å². The largest absolute Gasteiger partial charge is 0.355 e. The number of anilines is 1. The molecule has 0 aliphatic carbocycles. The van der Waals surface area contributed by atoms with Gasteiger partial charge in [-0.1, -0.05) is 90.5 Å². The number of hydrogen-bond donors (Lipinski definition) is 1. The number of likely N-dealkylation sites (N-methyl/N-ethyl adjacent to an activating group) is 1. The van der Waals surface area contributed by atoms with Crippen molar-refractivity contribution in [2.75, 3.05) is 17.4 Å². The van der Waals surface area contributed by atoms with E-state index >= 15 is 0 Å². The Bertz CT molecular complexity index is 1610. The second kappa shape index (κ2) is 14.0. The van der Waals surface area contributed by atoms with Crippen LogP contribution in [-0.4, -0.2) is 44.3 Å². The first-order valence-electron chi connectivity index (χ1n) is 14.0. The number of nitrogens with zero attached hydrogens (tertiary/aromatic N) is 2. The van der Waals surface area contributed by atoms with E-state index in [1.807, 2.05) is 81.4 Å². The highest BCUT2D eigenvalue weighted by Crippen LogP contribution is 2.26. The maximum Gasteiger partial charge on any atom is 0.264 e. The lowest BCUT2D eigenvalue weighted by Gasteiger charge is -2.34. The average molecular weight is 584 g/mol. The third-order valence-corrected chi connectivity index (χ3v) is 8.75. The van der Waals surface area contributed by atoms with E-state index in [4.69, 9.17) is 0 Å². The van der Waals surface area contributed by atoms with Crippen LogP contribution in [-0.2, 0) is 32.6 Å². The van der Waals surface area contributed by atoms with Gasteiger partial charge in [0.1, 0.15) is 12.6 Å². The first kappa shape index (κ1) is 30.5. The minimum Gasteiger partial charge on any atom is -0.355 e. The molecule has 0 heterocycles. The Labute approximate surface area is 248 Å². The normalized spacial score (nSPS) is 11.9. The summed E-state index contributed by atoms with van der Waals surface area (Å²) in [7, 11) is -4.11. The molecular formula is C34H37N3O4S. The highest BCUT2D eigenvalue weighted by atomic mass is 32.2. The summed E-state index contributed by atoms with van der Waals surface area (Å²) in [6.45, 7) is 5.73. The van der Waals surface area contributed by atoms with Crippen molar-refractivity contribution in [1.29, 1.82) is 0 Å². The average Bonchev–Trinajstić information content (AvgIpc) is 2.98. The highest BCUT2D eigenvalue weighted by Gasteiger charge is 2.34. The lowest BCUT2D eigenvalue weighted by atomic mass is 10.0. The summed E-state index contributed by atoms with van der Waals surface area (Å²) in [6.07, 6.45) is 0.278. The molecule has 1 N–H and O–H groups in total. The van der Waals surface area contributed by atoms with Gasteiger partial charge in [-0.25, -0.2) is 8.42 Å². The summed E-state index contributed by atoms with van der Waals surface area (Å²) < 4.78 is 29.1. The summed E-state index contributed by atoms with van der Waals surface area (Å²) >= 11 is 0. The second-order valence-electron chi connectivity index (χ2n) is 10.3. The number of carbonyl (C=O) groups excluding carboxylic acids is 2. The molecular weight excluding hydrogens is 546 g/mol. The molecule has 4 rings (SSSR count). The molecule has 8 heteroatoms. The number of sulfonamides is 1. The molecule has 218 valence electrons. The molecule has 0 aliphatic rings. The second-order valence-corrected chi connectivity index (χ2v) is 12.1. The van der Waals surface area contributed by atoms with E-state index in [0.717, 1.165) is 26.6 Å². The molecule has 7 nitrogen and oxygen atoms in total. The predicted molar refractivity (Wildman–Crippen MR) is 166 cm³/mol. The number of rotatable bonds is 12. The summed E-state index contributed by atoms with van der Waals surface area (Å²) in [5.41, 5.74) is 3.99. The maximum absolute atomic E-state index is 14.4. The van der Waals surface area contributed by atoms with Crippen molar-refractivity contribution in [1.82, 2.24) is 10.2 Å². The molecule has 0 fully saturated rings. The number of hydrogen-bond acceptors (Lipinski definition) is 4. The summed E-state index contributed by atoms with van der Waals surface area (Å²) in [5.74, 6) is -0.778. The van der Waals surface area contributed by atoms with E-state index in [2.05, 4.69) is 5.32 Å². The lowest BCUT2D eigenvalue weighted by Crippen LogP contribution is -2.53. The quantitative estimate of drug-likeness (QED) is 0.246. The molecule has 4 aromatic carbocycles. The third kappa shape index (κ3) is 7.64. The fourth-order valence-corrected chi connectivity index (χ4v) is 6.31. The molecule has 42 heavy (non-hydrogen) atoms. The summed E-state index contributed by atoms with van der Waals surface area (Å²) in [6, 6.07) is 31.5. The molecule has 0 aliphatic heterocycles. The minimum atomic E-state index is -4.11. The van der Waals surface area contributed by atoms with Crippen LogP contribution in [0.3, 0.4) is 0 Å². The van der Waals surface area contributed by atoms with Crippen LogP contribution in [0.2, 0.25) is 0 Å². The first-order chi connectivity index (χ1) is 20.2. The standard InChI is InChI=1S/C34H37N3O4S/c1-4-35-34(39)32(23-28-15-7-5-8-16-28)36(24-29-17-11-13-26(2)21-29)33(38)25-37(30-18-12-14-27(3)22-30)42(40,41)31-19-9-6-10-20-31/h5-22,32H,4,23-25H2,1-3H3,(H,35,39). The molecule has 0 spiro atoms. The molecule has 0 radical (unpaired) electrons. The highest BCUT2D eigenvalue weighted by molar-refractivity contribution is 7.92. The number of carbonyl (C=O) groups is 2. The Kier molecular flexibility index (Phi) is 10.1. The van der Waals surface area contributed by atoms with Crippen molar-refractivity contribution in [3.05, 3.63) is 131 Å². The van der Waals surface area contributed by atoms with Crippen LogP contribution >= 0.6 is 0 Å². The van der Waals surface area contributed by atoms with Crippen molar-refractivity contribution in [2.24, 2.45) is 0 Å². The summed E-state index contributed by atoms with van der Waals surface area (Å²) in [5, 5.41) is 2.88. The number of aryl methyl sites for hydroxylation is 2. The van der Waals surface area contributed by atoms with Crippen LogP contribution in [0.1, 0.15) is 29.2 Å². The summed E-state index contributed by atoms with van der Waals surface area (Å²) in [4.78, 5) is 29.5. The van der Waals surface area contributed by atoms with Gasteiger partial charge in [0.2, 0.25) is 11.8 Å². The molecule has 1 unspecified atom stereocenters. The van der Waals surface area contributed by atoms with Crippen LogP contribution in [0.25, 0.3) is 0 Å². The van der Waals surface area contributed by atoms with Gasteiger partial charge in [-0.2, -0.15) is 0 Å². The van der Waals surface area contributed by atoms with Crippen LogP contribution in [0.5, 0.6) is 0 Å². The van der Waals surface area contributed by atoms with E-state index < -0.39 is 28.5 Å². The molecule has 1 atom stereocenters. The van der Waals surface area contributed by atoms with Gasteiger partial charge in [-0.15, -0.1) is 0 Å². The molecule has 0 aromatic heterocycles. The van der Waals surface area contributed by atoms with Crippen molar-refractivity contribution in [2.45, 2.75) is 44.7 Å². The van der Waals surface area contributed by atoms with Crippen molar-refractivity contribution in [3.63, 3.8) is 0 Å². The van der Waals surface area contributed by atoms with Crippen LogP contribution in [0, 0.1) is 13.8 Å². The zero-order valence-electron chi connectivity index (χ0n) is 24.2. The third-order valence-electron chi connectivity index (χ3n) is 6.96. The monoisotopic (exact) mass is 583 g/mol. The Balaban J connectivity index is 1.79. The number of amides is 2. The van der Waals surface area contributed by atoms with E-state index in [1.165, 1.54) is 17.0 Å². The minimum absolute atomic E-state index is 0.0779. The fraction of sp³-hybridized carbons (Fsp3) is 0.235. The van der Waals surface area contributed by atoms with Gasteiger partial charge < -0.3 is 10.2 Å². The number of nitrogens with one attached hydrogen (secondary N) is 1. The fourth-order valence-electron chi connectivity index (χ4n) is 4.88. The van der Waals surface area contributed by atoms with Crippen molar-refractivity contribution in [3.8, 4) is 0 Å². The van der Waals surface area contributed by atoms with Crippen LogP contribution in [0.4, 0.5) is 5.69 Å². The van der Waals surface area contributed by atoms with Gasteiger partial charge in [0.05, 0.1) is 10.6 Å². The Morgan fingerprint density at radius 3 is 1.98 bits per heavy atom. The number of benzene rings is 4. The van der Waals surface area contributed by atoms with Crippen molar-refractivity contribution >= 4 is 27.5 Å². The molecule has 0 saturated carbocycles. The zero-order chi connectivity index (χ0) is 30.1. The maximum atomic E-state index is 14.4. The molecule has 0 bridgehead atoms. The Hall–Kier alpha value is -4.43.